The Morgan fingerprint density at radius 3 is 2.55 bits per heavy atom. The molecule has 0 aliphatic carbocycles. The van der Waals surface area contributed by atoms with Gasteiger partial charge < -0.3 is 10.2 Å². The number of carbonyl (C=O) groups is 1. The molecule has 2 rings (SSSR count). The molecule has 0 saturated heterocycles. The SMILES string of the molecule is CN(C)c1ccc(CNC(=O)c2ccncc2Cl)cc1. The highest BCUT2D eigenvalue weighted by molar-refractivity contribution is 6.33. The van der Waals surface area contributed by atoms with E-state index in [1.807, 2.05) is 43.3 Å². The quantitative estimate of drug-likeness (QED) is 0.941. The van der Waals surface area contributed by atoms with Gasteiger partial charge in [0.1, 0.15) is 0 Å². The van der Waals surface area contributed by atoms with Crippen LogP contribution in [-0.2, 0) is 6.54 Å². The number of carbonyl (C=O) groups excluding carboxylic acids is 1. The molecule has 0 atom stereocenters. The number of amides is 1. The summed E-state index contributed by atoms with van der Waals surface area (Å²) in [5, 5.41) is 3.19. The summed E-state index contributed by atoms with van der Waals surface area (Å²) in [5.74, 6) is -0.200. The Hall–Kier alpha value is -2.07. The molecule has 0 unspecified atom stereocenters. The van der Waals surface area contributed by atoms with E-state index in [-0.39, 0.29) is 5.91 Å². The second-order valence-electron chi connectivity index (χ2n) is 4.60. The molecule has 4 nitrogen and oxygen atoms in total. The summed E-state index contributed by atoms with van der Waals surface area (Å²) < 4.78 is 0. The molecule has 1 N–H and O–H groups in total. The Bertz CT molecular complexity index is 596. The zero-order valence-corrected chi connectivity index (χ0v) is 12.2. The van der Waals surface area contributed by atoms with Crippen molar-refractivity contribution < 1.29 is 4.79 Å². The molecule has 5 heteroatoms. The van der Waals surface area contributed by atoms with E-state index in [9.17, 15) is 4.79 Å². The van der Waals surface area contributed by atoms with Crippen LogP contribution in [0, 0.1) is 0 Å². The molecule has 0 bridgehead atoms. The average Bonchev–Trinajstić information content (AvgIpc) is 2.45. The number of pyridine rings is 1. The first-order valence-corrected chi connectivity index (χ1v) is 6.59. The first-order chi connectivity index (χ1) is 9.58. The van der Waals surface area contributed by atoms with Crippen molar-refractivity contribution in [3.63, 3.8) is 0 Å². The number of rotatable bonds is 4. The largest absolute Gasteiger partial charge is 0.378 e. The molecular formula is C15H16ClN3O. The molecular weight excluding hydrogens is 274 g/mol. The van der Waals surface area contributed by atoms with Crippen LogP contribution in [-0.4, -0.2) is 25.0 Å². The van der Waals surface area contributed by atoms with Crippen molar-refractivity contribution in [2.24, 2.45) is 0 Å². The van der Waals surface area contributed by atoms with Gasteiger partial charge in [-0.25, -0.2) is 0 Å². The molecule has 0 aliphatic rings. The monoisotopic (exact) mass is 289 g/mol. The van der Waals surface area contributed by atoms with Gasteiger partial charge in [-0.15, -0.1) is 0 Å². The van der Waals surface area contributed by atoms with Gasteiger partial charge in [-0.2, -0.15) is 0 Å². The van der Waals surface area contributed by atoms with Crippen LogP contribution in [0.25, 0.3) is 0 Å². The number of hydrogen-bond acceptors (Lipinski definition) is 3. The van der Waals surface area contributed by atoms with E-state index in [1.165, 1.54) is 6.20 Å². The minimum Gasteiger partial charge on any atom is -0.378 e. The van der Waals surface area contributed by atoms with E-state index in [0.717, 1.165) is 11.3 Å². The van der Waals surface area contributed by atoms with Crippen molar-refractivity contribution in [1.82, 2.24) is 10.3 Å². The van der Waals surface area contributed by atoms with Gasteiger partial charge in [-0.3, -0.25) is 9.78 Å². The summed E-state index contributed by atoms with van der Waals surface area (Å²) in [6.07, 6.45) is 3.01. The van der Waals surface area contributed by atoms with Gasteiger partial charge in [-0.1, -0.05) is 23.7 Å². The van der Waals surface area contributed by atoms with Gasteiger partial charge >= 0.3 is 0 Å². The summed E-state index contributed by atoms with van der Waals surface area (Å²) in [5.41, 5.74) is 2.60. The molecule has 20 heavy (non-hydrogen) atoms. The maximum absolute atomic E-state index is 12.0. The van der Waals surface area contributed by atoms with Crippen molar-refractivity contribution in [3.05, 3.63) is 58.9 Å². The second-order valence-corrected chi connectivity index (χ2v) is 5.01. The highest BCUT2D eigenvalue weighted by Gasteiger charge is 2.09. The van der Waals surface area contributed by atoms with Crippen LogP contribution in [0.4, 0.5) is 5.69 Å². The number of aromatic nitrogens is 1. The Morgan fingerprint density at radius 1 is 1.25 bits per heavy atom. The van der Waals surface area contributed by atoms with Crippen LogP contribution >= 0.6 is 11.6 Å². The third kappa shape index (κ3) is 3.48. The lowest BCUT2D eigenvalue weighted by atomic mass is 10.2. The number of hydrogen-bond donors (Lipinski definition) is 1. The number of nitrogens with one attached hydrogen (secondary N) is 1. The third-order valence-electron chi connectivity index (χ3n) is 2.92. The summed E-state index contributed by atoms with van der Waals surface area (Å²) in [6.45, 7) is 0.463. The Balaban J connectivity index is 1.98. The fraction of sp³-hybridized carbons (Fsp3) is 0.200. The highest BCUT2D eigenvalue weighted by atomic mass is 35.5. The van der Waals surface area contributed by atoms with Crippen LogP contribution in [0.5, 0.6) is 0 Å². The van der Waals surface area contributed by atoms with Crippen molar-refractivity contribution in [1.29, 1.82) is 0 Å². The van der Waals surface area contributed by atoms with E-state index in [4.69, 9.17) is 11.6 Å². The van der Waals surface area contributed by atoms with E-state index in [0.29, 0.717) is 17.1 Å². The summed E-state index contributed by atoms with van der Waals surface area (Å²) in [7, 11) is 3.98. The topological polar surface area (TPSA) is 45.2 Å². The van der Waals surface area contributed by atoms with Gasteiger partial charge in [-0.05, 0) is 23.8 Å². The van der Waals surface area contributed by atoms with E-state index in [1.54, 1.807) is 12.3 Å². The Kier molecular flexibility index (Phi) is 4.58. The number of anilines is 1. The van der Waals surface area contributed by atoms with Gasteiger partial charge in [0, 0.05) is 38.7 Å². The predicted molar refractivity (Wildman–Crippen MR) is 81.2 cm³/mol. The van der Waals surface area contributed by atoms with E-state index >= 15 is 0 Å². The fourth-order valence-corrected chi connectivity index (χ4v) is 1.95. The standard InChI is InChI=1S/C15H16ClN3O/c1-19(2)12-5-3-11(4-6-12)9-18-15(20)13-7-8-17-10-14(13)16/h3-8,10H,9H2,1-2H3,(H,18,20). The van der Waals surface area contributed by atoms with Crippen molar-refractivity contribution in [3.8, 4) is 0 Å². The first-order valence-electron chi connectivity index (χ1n) is 6.22. The van der Waals surface area contributed by atoms with Crippen LogP contribution in [0.2, 0.25) is 5.02 Å². The molecule has 104 valence electrons. The predicted octanol–water partition coefficient (Wildman–Crippen LogP) is 2.73. The molecule has 0 fully saturated rings. The Labute approximate surface area is 123 Å². The number of halogens is 1. The van der Waals surface area contributed by atoms with Gasteiger partial charge in [0.25, 0.3) is 5.91 Å². The molecule has 1 amide bonds. The fourth-order valence-electron chi connectivity index (χ4n) is 1.75. The van der Waals surface area contributed by atoms with Crippen LogP contribution in [0.15, 0.2) is 42.7 Å². The lowest BCUT2D eigenvalue weighted by Crippen LogP contribution is -2.23. The normalized spacial score (nSPS) is 10.2. The number of benzene rings is 1. The molecule has 0 spiro atoms. The maximum atomic E-state index is 12.0. The van der Waals surface area contributed by atoms with Crippen LogP contribution in [0.3, 0.4) is 0 Å². The molecule has 1 aromatic carbocycles. The van der Waals surface area contributed by atoms with Crippen molar-refractivity contribution in [2.75, 3.05) is 19.0 Å². The van der Waals surface area contributed by atoms with Crippen LogP contribution in [0.1, 0.15) is 15.9 Å². The van der Waals surface area contributed by atoms with Gasteiger partial charge in [0.2, 0.25) is 0 Å². The van der Waals surface area contributed by atoms with Crippen LogP contribution < -0.4 is 10.2 Å². The zero-order valence-electron chi connectivity index (χ0n) is 11.4. The summed E-state index contributed by atoms with van der Waals surface area (Å²) in [6, 6.07) is 9.61. The van der Waals surface area contributed by atoms with Gasteiger partial charge in [0.15, 0.2) is 0 Å². The molecule has 0 radical (unpaired) electrons. The molecule has 0 saturated carbocycles. The Morgan fingerprint density at radius 2 is 1.95 bits per heavy atom. The lowest BCUT2D eigenvalue weighted by molar-refractivity contribution is 0.0951. The van der Waals surface area contributed by atoms with Gasteiger partial charge in [0.05, 0.1) is 10.6 Å². The van der Waals surface area contributed by atoms with E-state index in [2.05, 4.69) is 10.3 Å². The molecule has 1 aromatic heterocycles. The van der Waals surface area contributed by atoms with Crippen molar-refractivity contribution in [2.45, 2.75) is 6.54 Å². The number of nitrogens with zero attached hydrogens (tertiary/aromatic N) is 2. The minimum absolute atomic E-state index is 0.200. The smallest absolute Gasteiger partial charge is 0.253 e. The summed E-state index contributed by atoms with van der Waals surface area (Å²) in [4.78, 5) is 17.9. The van der Waals surface area contributed by atoms with Crippen molar-refractivity contribution >= 4 is 23.2 Å². The highest BCUT2D eigenvalue weighted by Crippen LogP contribution is 2.14. The summed E-state index contributed by atoms with van der Waals surface area (Å²) >= 11 is 5.93. The third-order valence-corrected chi connectivity index (χ3v) is 3.22. The minimum atomic E-state index is -0.200. The average molecular weight is 290 g/mol. The first kappa shape index (κ1) is 14.3. The second kappa shape index (κ2) is 6.39. The maximum Gasteiger partial charge on any atom is 0.253 e. The molecule has 0 aliphatic heterocycles. The zero-order chi connectivity index (χ0) is 14.5. The lowest BCUT2D eigenvalue weighted by Gasteiger charge is -2.13. The molecule has 2 aromatic rings. The molecule has 1 heterocycles. The van der Waals surface area contributed by atoms with E-state index < -0.39 is 0 Å².